The van der Waals surface area contributed by atoms with Crippen LogP contribution in [0.1, 0.15) is 5.56 Å². The summed E-state index contributed by atoms with van der Waals surface area (Å²) >= 11 is 1.31. The van der Waals surface area contributed by atoms with Gasteiger partial charge in [0.25, 0.3) is 0 Å². The smallest absolute Gasteiger partial charge is 0.238 e. The maximum absolute atomic E-state index is 11.7. The third-order valence-electron chi connectivity index (χ3n) is 2.99. The monoisotopic (exact) mass is 355 g/mol. The maximum Gasteiger partial charge on any atom is 0.238 e. The topological polar surface area (TPSA) is 120 Å². The van der Waals surface area contributed by atoms with Crippen LogP contribution in [0.5, 0.6) is 0 Å². The van der Waals surface area contributed by atoms with E-state index in [0.717, 1.165) is 5.56 Å². The highest BCUT2D eigenvalue weighted by molar-refractivity contribution is 7.99. The van der Waals surface area contributed by atoms with Crippen molar-refractivity contribution in [2.75, 3.05) is 12.3 Å². The van der Waals surface area contributed by atoms with Crippen molar-refractivity contribution < 1.29 is 13.2 Å². The third kappa shape index (κ3) is 5.34. The van der Waals surface area contributed by atoms with E-state index in [1.807, 2.05) is 7.05 Å². The van der Waals surface area contributed by atoms with Crippen molar-refractivity contribution in [2.45, 2.75) is 16.5 Å². The Labute approximate surface area is 138 Å². The number of aromatic nitrogens is 3. The summed E-state index contributed by atoms with van der Waals surface area (Å²) in [4.78, 5) is 11.8. The van der Waals surface area contributed by atoms with E-state index in [1.54, 1.807) is 23.0 Å². The predicted octanol–water partition coefficient (Wildman–Crippen LogP) is -0.0865. The quantitative estimate of drug-likeness (QED) is 0.670. The summed E-state index contributed by atoms with van der Waals surface area (Å²) in [6.45, 7) is 0.465. The number of nitrogens with one attached hydrogen (secondary N) is 1. The molecule has 2 rings (SSSR count). The molecule has 0 aliphatic carbocycles. The lowest BCUT2D eigenvalue weighted by Crippen LogP contribution is -2.27. The number of aryl methyl sites for hydroxylation is 1. The number of nitrogens with zero attached hydrogens (tertiary/aromatic N) is 3. The molecule has 124 valence electrons. The molecule has 0 radical (unpaired) electrons. The van der Waals surface area contributed by atoms with Crippen molar-refractivity contribution in [2.24, 2.45) is 12.2 Å². The van der Waals surface area contributed by atoms with E-state index >= 15 is 0 Å². The summed E-state index contributed by atoms with van der Waals surface area (Å²) in [6, 6.07) is 6.27. The van der Waals surface area contributed by atoms with Crippen LogP contribution in [-0.4, -0.2) is 41.4 Å². The molecule has 0 saturated heterocycles. The van der Waals surface area contributed by atoms with Gasteiger partial charge in [-0.25, -0.2) is 13.6 Å². The van der Waals surface area contributed by atoms with Gasteiger partial charge in [0.05, 0.1) is 10.6 Å². The van der Waals surface area contributed by atoms with E-state index < -0.39 is 10.0 Å². The zero-order valence-corrected chi connectivity index (χ0v) is 14.1. The lowest BCUT2D eigenvalue weighted by atomic mass is 10.1. The summed E-state index contributed by atoms with van der Waals surface area (Å²) in [5.41, 5.74) is 0.915. The molecule has 0 atom stereocenters. The van der Waals surface area contributed by atoms with Crippen LogP contribution in [0.4, 0.5) is 0 Å². The molecule has 0 saturated carbocycles. The van der Waals surface area contributed by atoms with E-state index in [0.29, 0.717) is 18.1 Å². The van der Waals surface area contributed by atoms with E-state index in [-0.39, 0.29) is 16.6 Å². The standard InChI is InChI=1S/C13H17N5O3S2/c1-18-9-16-17-13(18)22-8-12(19)15-7-6-10-2-4-11(5-3-10)23(14,20)21/h2-5,9H,6-8H2,1H3,(H,15,19)(H2,14,20,21). The minimum absolute atomic E-state index is 0.0744. The molecule has 1 aromatic carbocycles. The fourth-order valence-corrected chi connectivity index (χ4v) is 3.01. The number of carbonyl (C=O) groups is 1. The average Bonchev–Trinajstić information content (AvgIpc) is 2.90. The van der Waals surface area contributed by atoms with Gasteiger partial charge in [-0.1, -0.05) is 23.9 Å². The molecule has 1 heterocycles. The predicted molar refractivity (Wildman–Crippen MR) is 86.3 cm³/mol. The van der Waals surface area contributed by atoms with Gasteiger partial charge < -0.3 is 9.88 Å². The molecule has 0 aliphatic heterocycles. The molecule has 0 bridgehead atoms. The molecule has 3 N–H and O–H groups in total. The second-order valence-electron chi connectivity index (χ2n) is 4.80. The van der Waals surface area contributed by atoms with E-state index in [4.69, 9.17) is 5.14 Å². The Morgan fingerprint density at radius 1 is 1.35 bits per heavy atom. The fourth-order valence-electron chi connectivity index (χ4n) is 1.78. The van der Waals surface area contributed by atoms with Gasteiger partial charge in [-0.15, -0.1) is 10.2 Å². The number of carbonyl (C=O) groups excluding carboxylic acids is 1. The zero-order chi connectivity index (χ0) is 16.9. The first-order chi connectivity index (χ1) is 10.9. The van der Waals surface area contributed by atoms with Gasteiger partial charge >= 0.3 is 0 Å². The number of hydrogen-bond acceptors (Lipinski definition) is 6. The van der Waals surface area contributed by atoms with Crippen LogP contribution in [0.25, 0.3) is 0 Å². The Balaban J connectivity index is 1.74. The molecule has 2 aromatic rings. The lowest BCUT2D eigenvalue weighted by molar-refractivity contribution is -0.118. The number of primary sulfonamides is 1. The molecular formula is C13H17N5O3S2. The van der Waals surface area contributed by atoms with Gasteiger partial charge in [-0.2, -0.15) is 0 Å². The second-order valence-corrected chi connectivity index (χ2v) is 7.31. The Kier molecular flexibility index (Phi) is 5.74. The molecule has 0 spiro atoms. The van der Waals surface area contributed by atoms with Crippen molar-refractivity contribution in [3.8, 4) is 0 Å². The van der Waals surface area contributed by atoms with Crippen LogP contribution < -0.4 is 10.5 Å². The van der Waals surface area contributed by atoms with E-state index in [9.17, 15) is 13.2 Å². The summed E-state index contributed by atoms with van der Waals surface area (Å²) in [5, 5.41) is 16.1. The summed E-state index contributed by atoms with van der Waals surface area (Å²) < 4.78 is 24.0. The Bertz CT molecular complexity index is 771. The van der Waals surface area contributed by atoms with Crippen LogP contribution in [0.3, 0.4) is 0 Å². The molecule has 23 heavy (non-hydrogen) atoms. The first-order valence-electron chi connectivity index (χ1n) is 6.71. The lowest BCUT2D eigenvalue weighted by Gasteiger charge is -2.06. The van der Waals surface area contributed by atoms with Crippen molar-refractivity contribution in [1.82, 2.24) is 20.1 Å². The summed E-state index contributed by atoms with van der Waals surface area (Å²) in [7, 11) is -1.86. The highest BCUT2D eigenvalue weighted by Crippen LogP contribution is 2.12. The van der Waals surface area contributed by atoms with Crippen LogP contribution in [-0.2, 0) is 28.3 Å². The number of benzene rings is 1. The Morgan fingerprint density at radius 3 is 2.61 bits per heavy atom. The molecule has 0 fully saturated rings. The number of hydrogen-bond donors (Lipinski definition) is 2. The SMILES string of the molecule is Cn1cnnc1SCC(=O)NCCc1ccc(S(N)(=O)=O)cc1. The summed E-state index contributed by atoms with van der Waals surface area (Å²) in [6.07, 6.45) is 2.18. The minimum Gasteiger partial charge on any atom is -0.355 e. The maximum atomic E-state index is 11.7. The van der Waals surface area contributed by atoms with Crippen molar-refractivity contribution in [3.63, 3.8) is 0 Å². The number of nitrogens with two attached hydrogens (primary N) is 1. The van der Waals surface area contributed by atoms with Gasteiger partial charge in [0.1, 0.15) is 6.33 Å². The normalized spacial score (nSPS) is 11.4. The van der Waals surface area contributed by atoms with Gasteiger partial charge in [0.2, 0.25) is 15.9 Å². The van der Waals surface area contributed by atoms with Crippen LogP contribution in [0, 0.1) is 0 Å². The number of rotatable bonds is 7. The fraction of sp³-hybridized carbons (Fsp3) is 0.308. The Hall–Kier alpha value is -1.91. The molecule has 10 heteroatoms. The molecule has 0 unspecified atom stereocenters. The zero-order valence-electron chi connectivity index (χ0n) is 12.5. The number of thioether (sulfide) groups is 1. The molecule has 1 aromatic heterocycles. The van der Waals surface area contributed by atoms with Crippen molar-refractivity contribution >= 4 is 27.7 Å². The third-order valence-corrected chi connectivity index (χ3v) is 4.95. The van der Waals surface area contributed by atoms with Gasteiger partial charge in [0.15, 0.2) is 5.16 Å². The van der Waals surface area contributed by atoms with Gasteiger partial charge in [0, 0.05) is 13.6 Å². The van der Waals surface area contributed by atoms with E-state index in [2.05, 4.69) is 15.5 Å². The number of sulfonamides is 1. The molecular weight excluding hydrogens is 338 g/mol. The molecule has 1 amide bonds. The minimum atomic E-state index is -3.67. The van der Waals surface area contributed by atoms with Crippen molar-refractivity contribution in [1.29, 1.82) is 0 Å². The van der Waals surface area contributed by atoms with Crippen LogP contribution in [0.2, 0.25) is 0 Å². The molecule has 8 nitrogen and oxygen atoms in total. The van der Waals surface area contributed by atoms with Crippen LogP contribution >= 0.6 is 11.8 Å². The average molecular weight is 355 g/mol. The second kappa shape index (κ2) is 7.57. The largest absolute Gasteiger partial charge is 0.355 e. The highest BCUT2D eigenvalue weighted by atomic mass is 32.2. The first-order valence-corrected chi connectivity index (χ1v) is 9.24. The first kappa shape index (κ1) is 17.4. The summed E-state index contributed by atoms with van der Waals surface area (Å²) in [5.74, 6) is 0.163. The Morgan fingerprint density at radius 2 is 2.04 bits per heavy atom. The highest BCUT2D eigenvalue weighted by Gasteiger charge is 2.08. The molecule has 0 aliphatic rings. The van der Waals surface area contributed by atoms with Gasteiger partial charge in [-0.05, 0) is 24.1 Å². The van der Waals surface area contributed by atoms with Crippen molar-refractivity contribution in [3.05, 3.63) is 36.2 Å². The van der Waals surface area contributed by atoms with Gasteiger partial charge in [-0.3, -0.25) is 4.79 Å². The van der Waals surface area contributed by atoms with E-state index in [1.165, 1.54) is 23.9 Å². The number of amides is 1. The van der Waals surface area contributed by atoms with Crippen LogP contribution in [0.15, 0.2) is 40.6 Å².